The van der Waals surface area contributed by atoms with Crippen molar-refractivity contribution in [3.63, 3.8) is 0 Å². The summed E-state index contributed by atoms with van der Waals surface area (Å²) in [5.41, 5.74) is 1.11. The van der Waals surface area contributed by atoms with Crippen LogP contribution in [0.3, 0.4) is 0 Å². The molecule has 1 aromatic carbocycles. The molecule has 2 bridgehead atoms. The van der Waals surface area contributed by atoms with Crippen molar-refractivity contribution in [3.8, 4) is 0 Å². The first-order valence-corrected chi connectivity index (χ1v) is 14.0. The van der Waals surface area contributed by atoms with Crippen molar-refractivity contribution in [1.29, 1.82) is 0 Å². The number of carbonyl (C=O) groups excluding carboxylic acids is 3. The van der Waals surface area contributed by atoms with E-state index in [1.165, 1.54) is 16.2 Å². The highest BCUT2D eigenvalue weighted by Gasteiger charge is 2.70. The summed E-state index contributed by atoms with van der Waals surface area (Å²) in [5, 5.41) is 1.02. The Kier molecular flexibility index (Phi) is 5.35. The minimum atomic E-state index is -0.918. The number of H-pyrrole nitrogens is 1. The molecule has 1 aromatic heterocycles. The molecule has 3 heterocycles. The van der Waals surface area contributed by atoms with E-state index in [2.05, 4.69) is 33.0 Å². The molecule has 10 heteroatoms. The topological polar surface area (TPSA) is 96.5 Å². The van der Waals surface area contributed by atoms with Gasteiger partial charge in [-0.05, 0) is 55.7 Å². The zero-order chi connectivity index (χ0) is 23.9. The number of hydrogen-bond donors (Lipinski definition) is 1. The van der Waals surface area contributed by atoms with Gasteiger partial charge in [0.15, 0.2) is 0 Å². The molecule has 1 saturated heterocycles. The van der Waals surface area contributed by atoms with Gasteiger partial charge in [-0.1, -0.05) is 39.4 Å². The average Bonchev–Trinajstić information content (AvgIpc) is 3.52. The number of nitrogens with one attached hydrogen (secondary N) is 1. The number of amides is 2. The number of thiazole rings is 1. The van der Waals surface area contributed by atoms with E-state index in [4.69, 9.17) is 4.74 Å². The predicted molar refractivity (Wildman–Crippen MR) is 131 cm³/mol. The number of aromatic amines is 1. The van der Waals surface area contributed by atoms with E-state index in [-0.39, 0.29) is 52.2 Å². The first kappa shape index (κ1) is 22.5. The number of benzene rings is 1. The highest BCUT2D eigenvalue weighted by Crippen LogP contribution is 2.68. The van der Waals surface area contributed by atoms with Crippen molar-refractivity contribution < 1.29 is 19.1 Å². The molecule has 7 nitrogen and oxygen atoms in total. The second-order valence-corrected chi connectivity index (χ2v) is 12.6. The number of imide groups is 1. The van der Waals surface area contributed by atoms with E-state index in [1.54, 1.807) is 25.6 Å². The van der Waals surface area contributed by atoms with Gasteiger partial charge in [0, 0.05) is 20.5 Å². The van der Waals surface area contributed by atoms with Crippen LogP contribution in [-0.4, -0.2) is 45.6 Å². The van der Waals surface area contributed by atoms with Crippen LogP contribution in [0, 0.1) is 29.6 Å². The van der Waals surface area contributed by atoms with Crippen molar-refractivity contribution in [2.75, 3.05) is 6.61 Å². The maximum Gasteiger partial charge on any atom is 0.329 e. The number of fused-ring (bicyclic) bond motifs is 9. The molecule has 3 fully saturated rings. The zero-order valence-corrected chi connectivity index (χ0v) is 21.7. The summed E-state index contributed by atoms with van der Waals surface area (Å²) in [6.45, 7) is 3.48. The second-order valence-electron chi connectivity index (χ2n) is 9.49. The molecule has 178 valence electrons. The third-order valence-electron chi connectivity index (χ3n) is 7.98. The average molecular weight is 563 g/mol. The molecule has 0 spiro atoms. The lowest BCUT2D eigenvalue weighted by Crippen LogP contribution is -2.45. The van der Waals surface area contributed by atoms with Gasteiger partial charge in [-0.15, -0.1) is 11.8 Å². The van der Waals surface area contributed by atoms with E-state index in [9.17, 15) is 19.2 Å². The van der Waals surface area contributed by atoms with Gasteiger partial charge in [0.25, 0.3) is 0 Å². The van der Waals surface area contributed by atoms with Crippen LogP contribution in [0.1, 0.15) is 36.6 Å². The van der Waals surface area contributed by atoms with Crippen LogP contribution in [0.4, 0.5) is 0 Å². The Morgan fingerprint density at radius 2 is 1.97 bits per heavy atom. The Bertz CT molecular complexity index is 1270. The van der Waals surface area contributed by atoms with Gasteiger partial charge in [-0.2, -0.15) is 0 Å². The normalized spacial score (nSPS) is 34.1. The number of rotatable bonds is 4. The molecule has 2 aliphatic heterocycles. The van der Waals surface area contributed by atoms with Crippen LogP contribution in [0.25, 0.3) is 0 Å². The molecule has 4 aliphatic rings. The van der Waals surface area contributed by atoms with Crippen molar-refractivity contribution in [3.05, 3.63) is 48.8 Å². The van der Waals surface area contributed by atoms with Gasteiger partial charge in [0.05, 0.1) is 23.5 Å². The Balaban J connectivity index is 1.41. The number of ether oxygens (including phenoxy) is 1. The van der Waals surface area contributed by atoms with E-state index in [1.807, 2.05) is 12.1 Å². The lowest BCUT2D eigenvalue weighted by atomic mass is 9.68. The third kappa shape index (κ3) is 3.07. The molecular formula is C24H23BrN2O5S2. The van der Waals surface area contributed by atoms with Gasteiger partial charge in [0.1, 0.15) is 6.04 Å². The minimum absolute atomic E-state index is 0.0157. The van der Waals surface area contributed by atoms with Gasteiger partial charge in [0.2, 0.25) is 11.8 Å². The van der Waals surface area contributed by atoms with Crippen molar-refractivity contribution in [1.82, 2.24) is 9.88 Å². The number of hydrogen-bond acceptors (Lipinski definition) is 7. The molecule has 2 amide bonds. The maximum atomic E-state index is 13.6. The number of esters is 1. The summed E-state index contributed by atoms with van der Waals surface area (Å²) in [7, 11) is 0. The van der Waals surface area contributed by atoms with Crippen molar-refractivity contribution >= 4 is 56.8 Å². The molecule has 2 aliphatic carbocycles. The van der Waals surface area contributed by atoms with Crippen LogP contribution >= 0.6 is 39.0 Å². The number of nitrogens with zero attached hydrogens (tertiary/aromatic N) is 1. The lowest BCUT2D eigenvalue weighted by Gasteiger charge is -2.43. The first-order valence-electron chi connectivity index (χ1n) is 11.5. The minimum Gasteiger partial charge on any atom is -0.464 e. The van der Waals surface area contributed by atoms with Crippen LogP contribution in [0.2, 0.25) is 0 Å². The Morgan fingerprint density at radius 1 is 1.24 bits per heavy atom. The highest BCUT2D eigenvalue weighted by molar-refractivity contribution is 9.10. The van der Waals surface area contributed by atoms with E-state index in [0.29, 0.717) is 0 Å². The Morgan fingerprint density at radius 3 is 2.68 bits per heavy atom. The molecule has 2 aromatic rings. The smallest absolute Gasteiger partial charge is 0.329 e. The summed E-state index contributed by atoms with van der Waals surface area (Å²) in [6.07, 6.45) is 0.820. The Hall–Kier alpha value is -1.91. The van der Waals surface area contributed by atoms with Crippen LogP contribution in [-0.2, 0) is 19.1 Å². The van der Waals surface area contributed by atoms with Gasteiger partial charge < -0.3 is 9.72 Å². The monoisotopic (exact) mass is 562 g/mol. The highest BCUT2D eigenvalue weighted by atomic mass is 79.9. The van der Waals surface area contributed by atoms with E-state index >= 15 is 0 Å². The number of likely N-dealkylation sites (tertiary alicyclic amines) is 1. The summed E-state index contributed by atoms with van der Waals surface area (Å²) in [4.78, 5) is 56.9. The molecule has 8 unspecified atom stereocenters. The first-order chi connectivity index (χ1) is 16.3. The molecule has 6 rings (SSSR count). The molecular weight excluding hydrogens is 540 g/mol. The fraction of sp³-hybridized carbons (Fsp3) is 0.500. The van der Waals surface area contributed by atoms with Gasteiger partial charge >= 0.3 is 10.8 Å². The summed E-state index contributed by atoms with van der Waals surface area (Å²) >= 11 is 6.49. The predicted octanol–water partition coefficient (Wildman–Crippen LogP) is 3.62. The third-order valence-corrected chi connectivity index (χ3v) is 11.1. The molecule has 0 radical (unpaired) electrons. The van der Waals surface area contributed by atoms with Crippen LogP contribution in [0.15, 0.2) is 38.6 Å². The van der Waals surface area contributed by atoms with Crippen molar-refractivity contribution in [2.45, 2.75) is 42.5 Å². The van der Waals surface area contributed by atoms with E-state index in [0.717, 1.165) is 26.4 Å². The van der Waals surface area contributed by atoms with Gasteiger partial charge in [-0.25, -0.2) is 4.79 Å². The fourth-order valence-electron chi connectivity index (χ4n) is 6.86. The number of halogens is 1. The summed E-state index contributed by atoms with van der Waals surface area (Å²) in [5.74, 6) is -1.67. The molecule has 1 N–H and O–H groups in total. The molecule has 2 saturated carbocycles. The summed E-state index contributed by atoms with van der Waals surface area (Å²) < 4.78 is 6.07. The SMILES string of the molecule is CCOC(=O)C(C)N1C(=O)C2C3CC(C2C1=O)C1C(c2cccc(Br)c2)c2sc(=O)[nH]c2SC31. The Labute approximate surface area is 212 Å². The molecule has 8 atom stereocenters. The standard InChI is InChI=1S/C24H23BrN2O5S2/c1-3-32-23(30)9(2)27-21(28)16-12-8-13(17(16)22(27)29)18-15(12)14(10-5-4-6-11(25)7-10)19-20(33-18)26-24(31)34-19/h4-7,9,12-18H,3,8H2,1-2H3,(H,26,31). The van der Waals surface area contributed by atoms with E-state index < -0.39 is 23.8 Å². The lowest BCUT2D eigenvalue weighted by molar-refractivity contribution is -0.158. The largest absolute Gasteiger partial charge is 0.464 e. The second kappa shape index (κ2) is 8.06. The number of carbonyl (C=O) groups is 3. The van der Waals surface area contributed by atoms with Crippen LogP contribution < -0.4 is 4.87 Å². The molecule has 34 heavy (non-hydrogen) atoms. The van der Waals surface area contributed by atoms with Crippen LogP contribution in [0.5, 0.6) is 0 Å². The number of aromatic nitrogens is 1. The van der Waals surface area contributed by atoms with Gasteiger partial charge in [-0.3, -0.25) is 19.3 Å². The summed E-state index contributed by atoms with van der Waals surface area (Å²) in [6, 6.07) is 7.22. The quantitative estimate of drug-likeness (QED) is 0.451. The fourth-order valence-corrected chi connectivity index (χ4v) is 10.2. The zero-order valence-electron chi connectivity index (χ0n) is 18.5. The van der Waals surface area contributed by atoms with Crippen molar-refractivity contribution in [2.24, 2.45) is 29.6 Å². The maximum absolute atomic E-state index is 13.6. The number of thioether (sulfide) groups is 1.